The number of ether oxygens (including phenoxy) is 1. The first-order chi connectivity index (χ1) is 19.8. The lowest BCUT2D eigenvalue weighted by Gasteiger charge is -2.30. The lowest BCUT2D eigenvalue weighted by Crippen LogP contribution is -2.55. The van der Waals surface area contributed by atoms with Crippen molar-refractivity contribution < 1.29 is 23.9 Å². The first-order valence-electron chi connectivity index (χ1n) is 13.8. The molecule has 1 aliphatic heterocycles. The van der Waals surface area contributed by atoms with E-state index in [9.17, 15) is 24.4 Å². The number of esters is 1. The minimum absolute atomic E-state index is 0.0728. The SMILES string of the molecule is CC(=O)OC(C#N)[C@@H](C[C@@H]1CCCNC1=O)NC(=O)[C@H](Cc1ccccc1)NC(=O)Cc1ccc2ccccc2c1. The van der Waals surface area contributed by atoms with Gasteiger partial charge in [-0.1, -0.05) is 72.8 Å². The molecule has 212 valence electrons. The fourth-order valence-corrected chi connectivity index (χ4v) is 5.12. The van der Waals surface area contributed by atoms with Gasteiger partial charge in [0.1, 0.15) is 12.1 Å². The van der Waals surface area contributed by atoms with E-state index in [1.165, 1.54) is 6.92 Å². The van der Waals surface area contributed by atoms with Gasteiger partial charge in [0.05, 0.1) is 12.5 Å². The van der Waals surface area contributed by atoms with Crippen molar-refractivity contribution in [1.82, 2.24) is 16.0 Å². The molecule has 3 aromatic rings. The zero-order valence-corrected chi connectivity index (χ0v) is 23.0. The van der Waals surface area contributed by atoms with Gasteiger partial charge in [0.25, 0.3) is 0 Å². The summed E-state index contributed by atoms with van der Waals surface area (Å²) in [7, 11) is 0. The minimum atomic E-state index is -1.29. The third-order valence-electron chi connectivity index (χ3n) is 7.16. The van der Waals surface area contributed by atoms with Gasteiger partial charge in [-0.2, -0.15) is 5.26 Å². The lowest BCUT2D eigenvalue weighted by atomic mass is 9.89. The van der Waals surface area contributed by atoms with Gasteiger partial charge in [-0.15, -0.1) is 0 Å². The molecule has 1 heterocycles. The van der Waals surface area contributed by atoms with Crippen LogP contribution in [0.4, 0.5) is 0 Å². The normalized spacial score (nSPS) is 16.9. The van der Waals surface area contributed by atoms with Crippen LogP contribution in [0, 0.1) is 17.2 Å². The Morgan fingerprint density at radius 1 is 1.00 bits per heavy atom. The first kappa shape index (κ1) is 29.3. The molecule has 0 bridgehead atoms. The van der Waals surface area contributed by atoms with Gasteiger partial charge in [0, 0.05) is 25.8 Å². The number of nitriles is 1. The molecular weight excluding hydrogens is 520 g/mol. The highest BCUT2D eigenvalue weighted by atomic mass is 16.5. The molecule has 4 rings (SSSR count). The van der Waals surface area contributed by atoms with Gasteiger partial charge in [0.15, 0.2) is 0 Å². The third kappa shape index (κ3) is 8.39. The van der Waals surface area contributed by atoms with Crippen LogP contribution in [0.5, 0.6) is 0 Å². The maximum atomic E-state index is 13.7. The van der Waals surface area contributed by atoms with Crippen molar-refractivity contribution in [3.05, 3.63) is 83.9 Å². The third-order valence-corrected chi connectivity index (χ3v) is 7.16. The van der Waals surface area contributed by atoms with Crippen LogP contribution >= 0.6 is 0 Å². The smallest absolute Gasteiger partial charge is 0.304 e. The molecule has 0 saturated carbocycles. The van der Waals surface area contributed by atoms with Crippen LogP contribution in [0.3, 0.4) is 0 Å². The van der Waals surface area contributed by atoms with Crippen molar-refractivity contribution in [1.29, 1.82) is 5.26 Å². The minimum Gasteiger partial charge on any atom is -0.445 e. The van der Waals surface area contributed by atoms with E-state index in [4.69, 9.17) is 4.74 Å². The molecule has 0 aliphatic carbocycles. The second-order valence-electron chi connectivity index (χ2n) is 10.3. The fraction of sp³-hybridized carbons (Fsp3) is 0.344. The van der Waals surface area contributed by atoms with Gasteiger partial charge in [-0.05, 0) is 41.2 Å². The van der Waals surface area contributed by atoms with Gasteiger partial charge in [-0.3, -0.25) is 19.2 Å². The molecular formula is C32H34N4O5. The van der Waals surface area contributed by atoms with Crippen molar-refractivity contribution in [2.45, 2.75) is 57.2 Å². The zero-order chi connectivity index (χ0) is 29.2. The molecule has 9 nitrogen and oxygen atoms in total. The average Bonchev–Trinajstić information content (AvgIpc) is 2.96. The molecule has 0 aromatic heterocycles. The highest BCUT2D eigenvalue weighted by Gasteiger charge is 2.34. The van der Waals surface area contributed by atoms with E-state index < -0.39 is 36.0 Å². The molecule has 1 unspecified atom stereocenters. The second kappa shape index (κ2) is 14.1. The van der Waals surface area contributed by atoms with Crippen LogP contribution in [0.1, 0.15) is 37.3 Å². The summed E-state index contributed by atoms with van der Waals surface area (Å²) in [5.41, 5.74) is 1.64. The summed E-state index contributed by atoms with van der Waals surface area (Å²) < 4.78 is 5.20. The second-order valence-corrected chi connectivity index (χ2v) is 10.3. The van der Waals surface area contributed by atoms with Crippen LogP contribution in [-0.4, -0.2) is 48.4 Å². The number of hydrogen-bond donors (Lipinski definition) is 3. The summed E-state index contributed by atoms with van der Waals surface area (Å²) in [6.07, 6.45) is 0.458. The van der Waals surface area contributed by atoms with E-state index in [0.717, 1.165) is 28.3 Å². The molecule has 3 amide bonds. The Hall–Kier alpha value is -4.71. The van der Waals surface area contributed by atoms with Crippen LogP contribution in [0.2, 0.25) is 0 Å². The molecule has 3 N–H and O–H groups in total. The summed E-state index contributed by atoms with van der Waals surface area (Å²) in [6.45, 7) is 1.75. The standard InChI is InChI=1S/C32H34N4O5/c1-21(37)41-29(20-33)27(19-26-12-7-15-34-31(26)39)36-32(40)28(17-22-8-3-2-4-9-22)35-30(38)18-23-13-14-24-10-5-6-11-25(24)16-23/h2-6,8-11,13-14,16,26-29H,7,12,15,17-19H2,1H3,(H,34,39)(H,35,38)(H,36,40)/t26-,27+,28-,29?/m0/s1. The number of nitrogens with one attached hydrogen (secondary N) is 3. The Bertz CT molecular complexity index is 1430. The number of carbonyl (C=O) groups excluding carboxylic acids is 4. The summed E-state index contributed by atoms with van der Waals surface area (Å²) in [5.74, 6) is -2.16. The van der Waals surface area contributed by atoms with E-state index in [1.54, 1.807) is 0 Å². The van der Waals surface area contributed by atoms with Crippen LogP contribution in [0.15, 0.2) is 72.8 Å². The van der Waals surface area contributed by atoms with Gasteiger partial charge < -0.3 is 20.7 Å². The first-order valence-corrected chi connectivity index (χ1v) is 13.8. The van der Waals surface area contributed by atoms with E-state index in [-0.39, 0.29) is 31.1 Å². The maximum absolute atomic E-state index is 13.7. The van der Waals surface area contributed by atoms with Crippen LogP contribution in [-0.2, 0) is 36.8 Å². The topological polar surface area (TPSA) is 137 Å². The Balaban J connectivity index is 1.53. The summed E-state index contributed by atoms with van der Waals surface area (Å²) in [5, 5.41) is 20.3. The molecule has 9 heteroatoms. The molecule has 4 atom stereocenters. The van der Waals surface area contributed by atoms with Crippen LogP contribution < -0.4 is 16.0 Å². The number of fused-ring (bicyclic) bond motifs is 1. The van der Waals surface area contributed by atoms with Crippen LogP contribution in [0.25, 0.3) is 10.8 Å². The fourth-order valence-electron chi connectivity index (χ4n) is 5.12. The van der Waals surface area contributed by atoms with Gasteiger partial charge in [0.2, 0.25) is 23.8 Å². The highest BCUT2D eigenvalue weighted by Crippen LogP contribution is 2.21. The van der Waals surface area contributed by atoms with Crippen molar-refractivity contribution in [2.75, 3.05) is 6.54 Å². The molecule has 0 radical (unpaired) electrons. The van der Waals surface area contributed by atoms with Crippen molar-refractivity contribution in [3.63, 3.8) is 0 Å². The van der Waals surface area contributed by atoms with Gasteiger partial charge in [-0.25, -0.2) is 0 Å². The molecule has 3 aromatic carbocycles. The van der Waals surface area contributed by atoms with E-state index in [2.05, 4.69) is 16.0 Å². The monoisotopic (exact) mass is 554 g/mol. The largest absolute Gasteiger partial charge is 0.445 e. The number of carbonyl (C=O) groups is 4. The number of benzene rings is 3. The van der Waals surface area contributed by atoms with Gasteiger partial charge >= 0.3 is 5.97 Å². The predicted molar refractivity (Wildman–Crippen MR) is 153 cm³/mol. The van der Waals surface area contributed by atoms with E-state index in [1.807, 2.05) is 78.9 Å². The van der Waals surface area contributed by atoms with Crippen molar-refractivity contribution >= 4 is 34.5 Å². The lowest BCUT2D eigenvalue weighted by molar-refractivity contribution is -0.146. The maximum Gasteiger partial charge on any atom is 0.304 e. The molecule has 0 spiro atoms. The number of piperidine rings is 1. The molecule has 1 saturated heterocycles. The average molecular weight is 555 g/mol. The van der Waals surface area contributed by atoms with Crippen molar-refractivity contribution in [2.24, 2.45) is 5.92 Å². The van der Waals surface area contributed by atoms with E-state index >= 15 is 0 Å². The zero-order valence-electron chi connectivity index (χ0n) is 23.0. The predicted octanol–water partition coefficient (Wildman–Crippen LogP) is 2.97. The summed E-state index contributed by atoms with van der Waals surface area (Å²) in [6, 6.07) is 22.9. The number of rotatable bonds is 11. The number of nitrogens with zero attached hydrogens (tertiary/aromatic N) is 1. The molecule has 1 fully saturated rings. The number of hydrogen-bond acceptors (Lipinski definition) is 6. The van der Waals surface area contributed by atoms with E-state index in [0.29, 0.717) is 13.0 Å². The quantitative estimate of drug-likeness (QED) is 0.312. The molecule has 1 aliphatic rings. The van der Waals surface area contributed by atoms with Crippen molar-refractivity contribution in [3.8, 4) is 6.07 Å². The Morgan fingerprint density at radius 3 is 2.44 bits per heavy atom. The Labute approximate surface area is 239 Å². The molecule has 41 heavy (non-hydrogen) atoms. The highest BCUT2D eigenvalue weighted by molar-refractivity contribution is 5.90. The Kier molecular flexibility index (Phi) is 10.1. The number of amides is 3. The Morgan fingerprint density at radius 2 is 1.73 bits per heavy atom. The summed E-state index contributed by atoms with van der Waals surface area (Å²) in [4.78, 5) is 51.0. The summed E-state index contributed by atoms with van der Waals surface area (Å²) >= 11 is 0.